The van der Waals surface area contributed by atoms with Gasteiger partial charge >= 0.3 is 0 Å². The van der Waals surface area contributed by atoms with Crippen LogP contribution in [-0.2, 0) is 17.8 Å². The maximum Gasteiger partial charge on any atom is 0.271 e. The second-order valence-corrected chi connectivity index (χ2v) is 6.51. The van der Waals surface area contributed by atoms with Crippen LogP contribution in [0.5, 0.6) is 0 Å². The van der Waals surface area contributed by atoms with Gasteiger partial charge in [-0.3, -0.25) is 24.3 Å². The van der Waals surface area contributed by atoms with Gasteiger partial charge in [0.2, 0.25) is 5.91 Å². The highest BCUT2D eigenvalue weighted by Gasteiger charge is 2.27. The number of benzene rings is 2. The number of aryl methyl sites for hydroxylation is 1. The van der Waals surface area contributed by atoms with E-state index >= 15 is 0 Å². The van der Waals surface area contributed by atoms with Crippen molar-refractivity contribution in [2.24, 2.45) is 0 Å². The molecule has 0 bridgehead atoms. The van der Waals surface area contributed by atoms with E-state index in [1.165, 1.54) is 27.9 Å². The first-order chi connectivity index (χ1) is 13.0. The van der Waals surface area contributed by atoms with Gasteiger partial charge in [-0.1, -0.05) is 18.2 Å². The lowest BCUT2D eigenvalue weighted by atomic mass is 10.1. The molecule has 0 saturated carbocycles. The molecule has 2 heterocycles. The first kappa shape index (κ1) is 16.9. The van der Waals surface area contributed by atoms with E-state index in [2.05, 4.69) is 4.98 Å². The SMILES string of the molecule is Cc1cccc2c(=O)n(CC(=O)N3CCc4ccc([N+](=O)[O-])cc43)cnc12. The Bertz CT molecular complexity index is 1150. The van der Waals surface area contributed by atoms with Gasteiger partial charge in [-0.05, 0) is 30.5 Å². The summed E-state index contributed by atoms with van der Waals surface area (Å²) in [5.74, 6) is -0.301. The van der Waals surface area contributed by atoms with Crippen molar-refractivity contribution in [3.63, 3.8) is 0 Å². The van der Waals surface area contributed by atoms with E-state index in [1.807, 2.05) is 13.0 Å². The fourth-order valence-electron chi connectivity index (χ4n) is 3.42. The molecule has 1 amide bonds. The summed E-state index contributed by atoms with van der Waals surface area (Å²) in [5.41, 5.74) is 2.58. The van der Waals surface area contributed by atoms with Gasteiger partial charge in [0.15, 0.2) is 0 Å². The second kappa shape index (κ2) is 6.31. The Kier molecular flexibility index (Phi) is 3.95. The molecule has 136 valence electrons. The van der Waals surface area contributed by atoms with E-state index in [0.717, 1.165) is 11.1 Å². The second-order valence-electron chi connectivity index (χ2n) is 6.51. The number of rotatable bonds is 3. The highest BCUT2D eigenvalue weighted by atomic mass is 16.6. The molecule has 0 aliphatic carbocycles. The first-order valence-electron chi connectivity index (χ1n) is 8.48. The summed E-state index contributed by atoms with van der Waals surface area (Å²) in [6, 6.07) is 9.86. The maximum absolute atomic E-state index is 12.8. The number of fused-ring (bicyclic) bond motifs is 2. The summed E-state index contributed by atoms with van der Waals surface area (Å²) in [6.45, 7) is 2.14. The molecule has 1 aliphatic rings. The number of nitro benzene ring substituents is 1. The van der Waals surface area contributed by atoms with Crippen molar-refractivity contribution < 1.29 is 9.72 Å². The van der Waals surface area contributed by atoms with Crippen molar-refractivity contribution in [2.45, 2.75) is 19.9 Å². The predicted molar refractivity (Wildman–Crippen MR) is 99.9 cm³/mol. The summed E-state index contributed by atoms with van der Waals surface area (Å²) >= 11 is 0. The quantitative estimate of drug-likeness (QED) is 0.524. The van der Waals surface area contributed by atoms with E-state index in [4.69, 9.17) is 0 Å². The number of carbonyl (C=O) groups excluding carboxylic acids is 1. The van der Waals surface area contributed by atoms with E-state index in [1.54, 1.807) is 18.2 Å². The molecular formula is C19H16N4O4. The summed E-state index contributed by atoms with van der Waals surface area (Å²) in [5, 5.41) is 11.5. The van der Waals surface area contributed by atoms with Gasteiger partial charge in [0.05, 0.1) is 27.8 Å². The predicted octanol–water partition coefficient (Wildman–Crippen LogP) is 2.20. The number of carbonyl (C=O) groups is 1. The van der Waals surface area contributed by atoms with Crippen LogP contribution in [-0.4, -0.2) is 26.9 Å². The number of hydrogen-bond donors (Lipinski definition) is 0. The number of aromatic nitrogens is 2. The van der Waals surface area contributed by atoms with Crippen LogP contribution in [0.15, 0.2) is 47.5 Å². The first-order valence-corrected chi connectivity index (χ1v) is 8.48. The molecule has 0 unspecified atom stereocenters. The highest BCUT2D eigenvalue weighted by molar-refractivity contribution is 5.96. The summed E-state index contributed by atoms with van der Waals surface area (Å²) in [6.07, 6.45) is 2.00. The topological polar surface area (TPSA) is 98.3 Å². The number of para-hydroxylation sites is 1. The minimum absolute atomic E-state index is 0.0616. The molecule has 8 nitrogen and oxygen atoms in total. The Hall–Kier alpha value is -3.55. The molecule has 1 aliphatic heterocycles. The molecule has 2 aromatic carbocycles. The van der Waals surface area contributed by atoms with Crippen LogP contribution in [0.25, 0.3) is 10.9 Å². The molecule has 1 aromatic heterocycles. The van der Waals surface area contributed by atoms with E-state index in [0.29, 0.717) is 29.6 Å². The highest BCUT2D eigenvalue weighted by Crippen LogP contribution is 2.31. The molecule has 0 spiro atoms. The molecule has 0 atom stereocenters. The number of nitro groups is 1. The molecule has 0 N–H and O–H groups in total. The lowest BCUT2D eigenvalue weighted by molar-refractivity contribution is -0.384. The van der Waals surface area contributed by atoms with Crippen LogP contribution in [0.1, 0.15) is 11.1 Å². The summed E-state index contributed by atoms with van der Waals surface area (Å²) < 4.78 is 1.28. The van der Waals surface area contributed by atoms with E-state index in [-0.39, 0.29) is 23.7 Å². The normalized spacial score (nSPS) is 13.0. The molecular weight excluding hydrogens is 348 g/mol. The Labute approximate surface area is 153 Å². The minimum Gasteiger partial charge on any atom is -0.310 e. The maximum atomic E-state index is 12.8. The van der Waals surface area contributed by atoms with Crippen LogP contribution in [0, 0.1) is 17.0 Å². The summed E-state index contributed by atoms with van der Waals surface area (Å²) in [7, 11) is 0. The van der Waals surface area contributed by atoms with E-state index < -0.39 is 4.92 Å². The van der Waals surface area contributed by atoms with Crippen molar-refractivity contribution in [3.8, 4) is 0 Å². The number of anilines is 1. The Morgan fingerprint density at radius 2 is 2.11 bits per heavy atom. The Balaban J connectivity index is 1.66. The molecule has 3 aromatic rings. The Morgan fingerprint density at radius 3 is 2.89 bits per heavy atom. The number of non-ortho nitro benzene ring substituents is 1. The van der Waals surface area contributed by atoms with Crippen molar-refractivity contribution in [1.82, 2.24) is 9.55 Å². The van der Waals surface area contributed by atoms with Crippen LogP contribution in [0.2, 0.25) is 0 Å². The number of amides is 1. The van der Waals surface area contributed by atoms with Gasteiger partial charge in [-0.25, -0.2) is 4.98 Å². The molecule has 0 saturated heterocycles. The Morgan fingerprint density at radius 1 is 1.30 bits per heavy atom. The molecule has 4 rings (SSSR count). The van der Waals surface area contributed by atoms with Gasteiger partial charge in [0.1, 0.15) is 6.54 Å². The fourth-order valence-corrected chi connectivity index (χ4v) is 3.42. The standard InChI is InChI=1S/C19H16N4O4/c1-12-3-2-4-15-18(12)20-11-21(19(15)25)10-17(24)22-8-7-13-5-6-14(23(26)27)9-16(13)22/h2-6,9,11H,7-8,10H2,1H3. The largest absolute Gasteiger partial charge is 0.310 e. The van der Waals surface area contributed by atoms with Crippen LogP contribution >= 0.6 is 0 Å². The van der Waals surface area contributed by atoms with E-state index in [9.17, 15) is 19.7 Å². The van der Waals surface area contributed by atoms with Crippen LogP contribution < -0.4 is 10.5 Å². The smallest absolute Gasteiger partial charge is 0.271 e. The van der Waals surface area contributed by atoms with Crippen molar-refractivity contribution in [3.05, 3.63) is 74.3 Å². The minimum atomic E-state index is -0.485. The average molecular weight is 364 g/mol. The summed E-state index contributed by atoms with van der Waals surface area (Å²) in [4.78, 5) is 41.8. The van der Waals surface area contributed by atoms with Crippen LogP contribution in [0.4, 0.5) is 11.4 Å². The fraction of sp³-hybridized carbons (Fsp3) is 0.211. The molecule has 0 fully saturated rings. The van der Waals surface area contributed by atoms with Gasteiger partial charge in [0.25, 0.3) is 11.2 Å². The zero-order valence-corrected chi connectivity index (χ0v) is 14.6. The van der Waals surface area contributed by atoms with Crippen LogP contribution in [0.3, 0.4) is 0 Å². The molecule has 0 radical (unpaired) electrons. The monoisotopic (exact) mass is 364 g/mol. The third-order valence-corrected chi connectivity index (χ3v) is 4.84. The van der Waals surface area contributed by atoms with Gasteiger partial charge in [0, 0.05) is 18.7 Å². The van der Waals surface area contributed by atoms with Crippen molar-refractivity contribution in [2.75, 3.05) is 11.4 Å². The van der Waals surface area contributed by atoms with Crippen molar-refractivity contribution in [1.29, 1.82) is 0 Å². The van der Waals surface area contributed by atoms with Gasteiger partial charge in [-0.15, -0.1) is 0 Å². The molecule has 8 heteroatoms. The van der Waals surface area contributed by atoms with Crippen molar-refractivity contribution >= 4 is 28.2 Å². The number of hydrogen-bond acceptors (Lipinski definition) is 5. The molecule has 27 heavy (non-hydrogen) atoms. The van der Waals surface area contributed by atoms with Gasteiger partial charge in [-0.2, -0.15) is 0 Å². The lowest BCUT2D eigenvalue weighted by Crippen LogP contribution is -2.35. The van der Waals surface area contributed by atoms with Gasteiger partial charge < -0.3 is 4.90 Å². The lowest BCUT2D eigenvalue weighted by Gasteiger charge is -2.18. The zero-order valence-electron chi connectivity index (χ0n) is 14.6. The number of nitrogens with zero attached hydrogens (tertiary/aromatic N) is 4. The third kappa shape index (κ3) is 2.84. The third-order valence-electron chi connectivity index (χ3n) is 4.84. The average Bonchev–Trinajstić information content (AvgIpc) is 3.07. The zero-order chi connectivity index (χ0) is 19.1.